The molecule has 1 N–H and O–H groups in total. The van der Waals surface area contributed by atoms with Crippen LogP contribution in [0.5, 0.6) is 0 Å². The standard InChI is InChI=1S/C7H14O.C6H10O.C2H4/c1-6-2-4-7(8)5-3-6;1-2-6-4-3-5(1)7-6;1-2/h6-8H,2-5H2,1H3;5-6H,1-4H2;1-2H2. The molecule has 0 aromatic heterocycles. The van der Waals surface area contributed by atoms with Gasteiger partial charge in [0.05, 0.1) is 18.3 Å². The van der Waals surface area contributed by atoms with Crippen LogP contribution in [0.15, 0.2) is 13.2 Å². The molecule has 1 aliphatic carbocycles. The number of hydrogen-bond acceptors (Lipinski definition) is 2. The van der Waals surface area contributed by atoms with Crippen molar-refractivity contribution in [3.63, 3.8) is 0 Å². The van der Waals surface area contributed by atoms with E-state index >= 15 is 0 Å². The van der Waals surface area contributed by atoms with Crippen molar-refractivity contribution in [2.24, 2.45) is 5.92 Å². The number of rotatable bonds is 0. The van der Waals surface area contributed by atoms with Gasteiger partial charge in [0.25, 0.3) is 0 Å². The molecule has 2 heterocycles. The maximum absolute atomic E-state index is 9.03. The Balaban J connectivity index is 0.000000149. The van der Waals surface area contributed by atoms with Gasteiger partial charge in [-0.3, -0.25) is 0 Å². The molecule has 2 bridgehead atoms. The Morgan fingerprint density at radius 3 is 1.47 bits per heavy atom. The van der Waals surface area contributed by atoms with E-state index in [-0.39, 0.29) is 6.10 Å². The van der Waals surface area contributed by atoms with E-state index in [9.17, 15) is 0 Å². The molecule has 2 aliphatic heterocycles. The minimum Gasteiger partial charge on any atom is -0.393 e. The van der Waals surface area contributed by atoms with Gasteiger partial charge in [0.2, 0.25) is 0 Å². The topological polar surface area (TPSA) is 29.5 Å². The highest BCUT2D eigenvalue weighted by molar-refractivity contribution is 4.81. The van der Waals surface area contributed by atoms with Gasteiger partial charge in [-0.2, -0.15) is 0 Å². The quantitative estimate of drug-likeness (QED) is 0.654. The number of aliphatic hydroxyl groups is 1. The Hall–Kier alpha value is -0.340. The van der Waals surface area contributed by atoms with Crippen LogP contribution in [0, 0.1) is 5.92 Å². The summed E-state index contributed by atoms with van der Waals surface area (Å²) in [5, 5.41) is 9.03. The number of aliphatic hydroxyl groups excluding tert-OH is 1. The lowest BCUT2D eigenvalue weighted by atomic mass is 9.89. The lowest BCUT2D eigenvalue weighted by Crippen LogP contribution is -2.15. The van der Waals surface area contributed by atoms with Gasteiger partial charge < -0.3 is 9.84 Å². The maximum Gasteiger partial charge on any atom is 0.0580 e. The highest BCUT2D eigenvalue weighted by atomic mass is 16.5. The van der Waals surface area contributed by atoms with Crippen LogP contribution in [0.2, 0.25) is 0 Å². The first kappa shape index (κ1) is 14.7. The van der Waals surface area contributed by atoms with Gasteiger partial charge in [0.15, 0.2) is 0 Å². The van der Waals surface area contributed by atoms with Crippen LogP contribution in [0.3, 0.4) is 0 Å². The third kappa shape index (κ3) is 5.22. The zero-order chi connectivity index (χ0) is 12.7. The summed E-state index contributed by atoms with van der Waals surface area (Å²) < 4.78 is 5.47. The molecule has 100 valence electrons. The van der Waals surface area contributed by atoms with Gasteiger partial charge in [-0.1, -0.05) is 6.92 Å². The van der Waals surface area contributed by atoms with Crippen LogP contribution in [-0.2, 0) is 4.74 Å². The number of fused-ring (bicyclic) bond motifs is 2. The summed E-state index contributed by atoms with van der Waals surface area (Å²) >= 11 is 0. The van der Waals surface area contributed by atoms with E-state index in [2.05, 4.69) is 20.1 Å². The fourth-order valence-electron chi connectivity index (χ4n) is 2.82. The van der Waals surface area contributed by atoms with E-state index in [1.165, 1.54) is 38.5 Å². The minimum atomic E-state index is 0.0196. The molecule has 0 amide bonds. The van der Waals surface area contributed by atoms with Gasteiger partial charge in [-0.25, -0.2) is 0 Å². The van der Waals surface area contributed by atoms with E-state index < -0.39 is 0 Å². The van der Waals surface area contributed by atoms with Crippen molar-refractivity contribution in [2.45, 2.75) is 76.6 Å². The predicted molar refractivity (Wildman–Crippen MR) is 72.0 cm³/mol. The minimum absolute atomic E-state index is 0.0196. The lowest BCUT2D eigenvalue weighted by Gasteiger charge is -2.21. The zero-order valence-corrected chi connectivity index (χ0v) is 11.2. The van der Waals surface area contributed by atoms with Crippen LogP contribution in [0.25, 0.3) is 0 Å². The molecule has 3 aliphatic rings. The summed E-state index contributed by atoms with van der Waals surface area (Å²) in [5.41, 5.74) is 0. The Labute approximate surface area is 106 Å². The molecule has 2 saturated heterocycles. The summed E-state index contributed by atoms with van der Waals surface area (Å²) in [4.78, 5) is 0. The van der Waals surface area contributed by atoms with E-state index in [0.29, 0.717) is 12.2 Å². The highest BCUT2D eigenvalue weighted by Gasteiger charge is 2.31. The summed E-state index contributed by atoms with van der Waals surface area (Å²) in [7, 11) is 0. The van der Waals surface area contributed by atoms with Crippen molar-refractivity contribution in [3.05, 3.63) is 13.2 Å². The monoisotopic (exact) mass is 240 g/mol. The first-order valence-corrected chi connectivity index (χ1v) is 7.07. The van der Waals surface area contributed by atoms with E-state index in [1.54, 1.807) is 0 Å². The number of hydrogen-bond donors (Lipinski definition) is 1. The fourth-order valence-corrected chi connectivity index (χ4v) is 2.82. The van der Waals surface area contributed by atoms with Crippen molar-refractivity contribution in [2.75, 3.05) is 0 Å². The average molecular weight is 240 g/mol. The van der Waals surface area contributed by atoms with E-state index in [1.807, 2.05) is 0 Å². The van der Waals surface area contributed by atoms with Gasteiger partial charge in [-0.15, -0.1) is 13.2 Å². The van der Waals surface area contributed by atoms with Crippen molar-refractivity contribution in [3.8, 4) is 0 Å². The van der Waals surface area contributed by atoms with Crippen molar-refractivity contribution >= 4 is 0 Å². The normalized spacial score (nSPS) is 38.7. The van der Waals surface area contributed by atoms with Gasteiger partial charge in [-0.05, 0) is 57.3 Å². The first-order chi connectivity index (χ1) is 8.24. The van der Waals surface area contributed by atoms with Crippen molar-refractivity contribution in [1.82, 2.24) is 0 Å². The molecule has 0 unspecified atom stereocenters. The van der Waals surface area contributed by atoms with Crippen LogP contribution in [-0.4, -0.2) is 23.4 Å². The molecule has 0 spiro atoms. The first-order valence-electron chi connectivity index (χ1n) is 7.07. The smallest absolute Gasteiger partial charge is 0.0580 e. The highest BCUT2D eigenvalue weighted by Crippen LogP contribution is 2.33. The van der Waals surface area contributed by atoms with Crippen LogP contribution < -0.4 is 0 Å². The summed E-state index contributed by atoms with van der Waals surface area (Å²) in [6, 6.07) is 0. The third-order valence-electron chi connectivity index (χ3n) is 3.99. The summed E-state index contributed by atoms with van der Waals surface area (Å²) in [5.74, 6) is 0.860. The molecular formula is C15H28O2. The Morgan fingerprint density at radius 1 is 0.824 bits per heavy atom. The van der Waals surface area contributed by atoms with Gasteiger partial charge in [0, 0.05) is 0 Å². The summed E-state index contributed by atoms with van der Waals surface area (Å²) in [6.07, 6.45) is 11.2. The predicted octanol–water partition coefficient (Wildman–Crippen LogP) is 3.69. The van der Waals surface area contributed by atoms with Gasteiger partial charge in [0.1, 0.15) is 0 Å². The molecule has 0 radical (unpaired) electrons. The number of ether oxygens (including phenoxy) is 1. The molecule has 2 nitrogen and oxygen atoms in total. The Kier molecular flexibility index (Phi) is 6.83. The Morgan fingerprint density at radius 2 is 1.24 bits per heavy atom. The maximum atomic E-state index is 9.03. The molecule has 3 fully saturated rings. The molecule has 3 rings (SSSR count). The molecular weight excluding hydrogens is 212 g/mol. The zero-order valence-electron chi connectivity index (χ0n) is 11.2. The van der Waals surface area contributed by atoms with Crippen molar-refractivity contribution < 1.29 is 9.84 Å². The lowest BCUT2D eigenvalue weighted by molar-refractivity contribution is 0.105. The van der Waals surface area contributed by atoms with E-state index in [4.69, 9.17) is 9.84 Å². The summed E-state index contributed by atoms with van der Waals surface area (Å²) in [6.45, 7) is 8.26. The van der Waals surface area contributed by atoms with E-state index in [0.717, 1.165) is 18.8 Å². The molecule has 2 heteroatoms. The van der Waals surface area contributed by atoms with Crippen LogP contribution in [0.4, 0.5) is 0 Å². The van der Waals surface area contributed by atoms with Crippen molar-refractivity contribution in [1.29, 1.82) is 0 Å². The second-order valence-electron chi connectivity index (χ2n) is 5.45. The second kappa shape index (κ2) is 7.88. The average Bonchev–Trinajstić information content (AvgIpc) is 3.01. The second-order valence-corrected chi connectivity index (χ2v) is 5.45. The third-order valence-corrected chi connectivity index (χ3v) is 3.99. The largest absolute Gasteiger partial charge is 0.393 e. The fraction of sp³-hybridized carbons (Fsp3) is 0.867. The Bertz CT molecular complexity index is 169. The molecule has 0 aromatic rings. The molecule has 17 heavy (non-hydrogen) atoms. The molecule has 0 aromatic carbocycles. The molecule has 0 atom stereocenters. The van der Waals surface area contributed by atoms with Crippen LogP contribution >= 0.6 is 0 Å². The van der Waals surface area contributed by atoms with Gasteiger partial charge >= 0.3 is 0 Å². The molecule has 1 saturated carbocycles. The SMILES string of the molecule is C1CC2CCC1O2.C=C.CC1CCC(O)CC1. The van der Waals surface area contributed by atoms with Crippen LogP contribution in [0.1, 0.15) is 58.3 Å².